The van der Waals surface area contributed by atoms with E-state index in [4.69, 9.17) is 0 Å². The van der Waals surface area contributed by atoms with Gasteiger partial charge in [-0.2, -0.15) is 18.2 Å². The van der Waals surface area contributed by atoms with Crippen LogP contribution in [0.4, 0.5) is 0 Å². The molecule has 4 rings (SSSR count). The monoisotopic (exact) mass is 565 g/mol. The van der Waals surface area contributed by atoms with Crippen LogP contribution in [-0.2, 0) is 17.1 Å². The third kappa shape index (κ3) is 7.56. The maximum Gasteiger partial charge on any atom is 2.00 e. The van der Waals surface area contributed by atoms with Gasteiger partial charge in [0, 0.05) is 0 Å². The van der Waals surface area contributed by atoms with E-state index in [1.54, 1.807) is 12.1 Å². The number of carbonyl (C=O) groups is 1. The molecule has 0 bridgehead atoms. The molecule has 0 heterocycles. The van der Waals surface area contributed by atoms with Crippen molar-refractivity contribution in [3.63, 3.8) is 0 Å². The number of allylic oxidation sites excluding steroid dienone is 9. The van der Waals surface area contributed by atoms with Crippen molar-refractivity contribution in [2.75, 3.05) is 0 Å². The average Bonchev–Trinajstić information content (AvgIpc) is 3.46. The molecule has 1 N–H and O–H groups in total. The molecule has 0 unspecified atom stereocenters. The Balaban J connectivity index is 0.000000468. The summed E-state index contributed by atoms with van der Waals surface area (Å²) >= 11 is 6.14. The molecule has 6 heteroatoms. The van der Waals surface area contributed by atoms with Crippen LogP contribution in [0.3, 0.4) is 0 Å². The fourth-order valence-electron chi connectivity index (χ4n) is 2.53. The predicted octanol–water partition coefficient (Wildman–Crippen LogP) is 5.19. The molecule has 0 spiro atoms. The van der Waals surface area contributed by atoms with Crippen LogP contribution in [0.25, 0.3) is 0 Å². The maximum atomic E-state index is 12.1. The third-order valence-electron chi connectivity index (χ3n) is 3.98. The van der Waals surface area contributed by atoms with Crippen LogP contribution in [-0.4, -0.2) is 26.7 Å². The fourth-order valence-corrected chi connectivity index (χ4v) is 3.21. The summed E-state index contributed by atoms with van der Waals surface area (Å²) < 4.78 is 1.37. The molecule has 0 saturated carbocycles. The Morgan fingerprint density at radius 3 is 2.20 bits per heavy atom. The van der Waals surface area contributed by atoms with Crippen molar-refractivity contribution in [3.05, 3.63) is 130 Å². The molecule has 2 aliphatic rings. The van der Waals surface area contributed by atoms with Crippen molar-refractivity contribution < 1.29 is 21.9 Å². The SMILES string of the molecule is O=C(NC([Se])=NC1=C[CH-]C(=C2C=CC=C2)C=C1)c1ccc(Br)cc1.[Fe+2].c1cc[cH-]c1. The third-order valence-corrected chi connectivity index (χ3v) is 4.91. The van der Waals surface area contributed by atoms with Crippen LogP contribution in [0, 0.1) is 6.42 Å². The van der Waals surface area contributed by atoms with Crippen LogP contribution in [0.1, 0.15) is 10.4 Å². The quantitative estimate of drug-likeness (QED) is 0.232. The number of benzene rings is 1. The van der Waals surface area contributed by atoms with E-state index >= 15 is 0 Å². The number of rotatable bonds is 2. The summed E-state index contributed by atoms with van der Waals surface area (Å²) in [5, 5.41) is 2.75. The van der Waals surface area contributed by atoms with Crippen molar-refractivity contribution in [1.29, 1.82) is 0 Å². The van der Waals surface area contributed by atoms with Gasteiger partial charge >= 0.3 is 175 Å². The number of hydrogen-bond acceptors (Lipinski definition) is 2. The Morgan fingerprint density at radius 2 is 1.67 bits per heavy atom. The molecule has 1 amide bonds. The first-order valence-corrected chi connectivity index (χ1v) is 10.6. The van der Waals surface area contributed by atoms with Gasteiger partial charge in [-0.1, -0.05) is 0 Å². The van der Waals surface area contributed by atoms with Gasteiger partial charge in [0.2, 0.25) is 0 Å². The van der Waals surface area contributed by atoms with Crippen molar-refractivity contribution in [1.82, 2.24) is 5.32 Å². The topological polar surface area (TPSA) is 41.5 Å². The van der Waals surface area contributed by atoms with Gasteiger partial charge in [-0.05, 0) is 0 Å². The second-order valence-corrected chi connectivity index (χ2v) is 7.79. The van der Waals surface area contributed by atoms with Gasteiger partial charge in [-0.25, -0.2) is 12.1 Å². The molecule has 0 saturated heterocycles. The summed E-state index contributed by atoms with van der Waals surface area (Å²) in [5.74, 6) is -0.201. The van der Waals surface area contributed by atoms with Crippen molar-refractivity contribution in [3.8, 4) is 0 Å². The summed E-state index contributed by atoms with van der Waals surface area (Å²) in [6.07, 6.45) is 16.0. The normalized spacial score (nSPS) is 14.3. The van der Waals surface area contributed by atoms with E-state index in [1.165, 1.54) is 5.57 Å². The number of hydrogen-bond donors (Lipinski definition) is 1. The first-order chi connectivity index (χ1) is 14.1. The van der Waals surface area contributed by atoms with Crippen LogP contribution in [0.15, 0.2) is 123 Å². The summed E-state index contributed by atoms with van der Waals surface area (Å²) in [7, 11) is 0. The van der Waals surface area contributed by atoms with Crippen LogP contribution >= 0.6 is 15.9 Å². The Bertz CT molecular complexity index is 998. The zero-order valence-electron chi connectivity index (χ0n) is 15.8. The number of halogens is 1. The molecule has 2 aromatic rings. The van der Waals surface area contributed by atoms with Crippen molar-refractivity contribution in [2.24, 2.45) is 4.99 Å². The Hall–Kier alpha value is -2.20. The zero-order chi connectivity index (χ0) is 20.5. The van der Waals surface area contributed by atoms with Crippen molar-refractivity contribution >= 4 is 42.6 Å². The summed E-state index contributed by atoms with van der Waals surface area (Å²) in [6.45, 7) is 0. The van der Waals surface area contributed by atoms with Gasteiger partial charge in [-0.15, -0.1) is 0 Å². The average molecular weight is 565 g/mol. The number of amidine groups is 1. The number of amides is 1. The van der Waals surface area contributed by atoms with E-state index in [1.807, 2.05) is 79.3 Å². The second-order valence-electron chi connectivity index (χ2n) is 6.06. The molecule has 0 atom stereocenters. The number of nitrogens with one attached hydrogen (secondary N) is 1. The van der Waals surface area contributed by atoms with Crippen molar-refractivity contribution in [2.45, 2.75) is 0 Å². The second kappa shape index (κ2) is 12.5. The molecule has 0 aromatic heterocycles. The first-order valence-electron chi connectivity index (χ1n) is 8.93. The van der Waals surface area contributed by atoms with Gasteiger partial charge in [0.15, 0.2) is 0 Å². The van der Waals surface area contributed by atoms with Gasteiger partial charge in [0.25, 0.3) is 0 Å². The number of nitrogens with zero attached hydrogens (tertiary/aromatic N) is 1. The molecule has 2 aromatic carbocycles. The molecule has 3 nitrogen and oxygen atoms in total. The minimum atomic E-state index is -0.201. The van der Waals surface area contributed by atoms with E-state index in [-0.39, 0.29) is 23.0 Å². The molecule has 0 fully saturated rings. The Morgan fingerprint density at radius 1 is 1.00 bits per heavy atom. The predicted molar refractivity (Wildman–Crippen MR) is 124 cm³/mol. The number of aliphatic imine (C=N–C) groups is 1. The Labute approximate surface area is 204 Å². The minimum Gasteiger partial charge on any atom is -0.214 e. The first kappa shape index (κ1) is 24.1. The molecule has 1 radical (unpaired) electrons. The zero-order valence-corrected chi connectivity index (χ0v) is 20.2. The van der Waals surface area contributed by atoms with Crippen LogP contribution in [0.5, 0.6) is 0 Å². The molecule has 151 valence electrons. The Kier molecular flexibility index (Phi) is 10.0. The van der Waals surface area contributed by atoms with Gasteiger partial charge < -0.3 is 0 Å². The fraction of sp³-hybridized carbons (Fsp3) is 0. The molecule has 0 aliphatic heterocycles. The minimum absolute atomic E-state index is 0. The van der Waals surface area contributed by atoms with Crippen LogP contribution < -0.4 is 5.32 Å². The number of carbonyl (C=O) groups excluding carboxylic acids is 1. The van der Waals surface area contributed by atoms with E-state index in [2.05, 4.69) is 54.4 Å². The molecular weight excluding hydrogens is 547 g/mol. The van der Waals surface area contributed by atoms with Gasteiger partial charge in [-0.3, -0.25) is 0 Å². The van der Waals surface area contributed by atoms with E-state index in [0.29, 0.717) is 10.3 Å². The van der Waals surface area contributed by atoms with E-state index in [9.17, 15) is 4.79 Å². The molecule has 30 heavy (non-hydrogen) atoms. The van der Waals surface area contributed by atoms with E-state index < -0.39 is 0 Å². The standard InChI is InChI=1S/C19H13BrN2OSe.C5H5.Fe/c20-16-9-5-15(6-10-16)18(23)22-19(24)21-17-11-7-14(8-12-17)13-3-1-2-4-13;1-2-4-5-3-1;/h1-12H,(H,21,22,23);1-5H;/q2*-1;+2. The molecule has 2 aliphatic carbocycles. The smallest absolute Gasteiger partial charge is 0.214 e. The summed E-state index contributed by atoms with van der Waals surface area (Å²) in [6, 6.07) is 17.2. The van der Waals surface area contributed by atoms with Gasteiger partial charge in [0.05, 0.1) is 0 Å². The molecular formula is C24H18BrFeN2OSe. The summed E-state index contributed by atoms with van der Waals surface area (Å²) in [4.78, 5) is 16.5. The maximum absolute atomic E-state index is 12.1. The van der Waals surface area contributed by atoms with E-state index in [0.717, 1.165) is 15.7 Å². The summed E-state index contributed by atoms with van der Waals surface area (Å²) in [5.41, 5.74) is 3.67. The van der Waals surface area contributed by atoms with Crippen LogP contribution in [0.2, 0.25) is 0 Å². The largest absolute Gasteiger partial charge is 2.00 e. The van der Waals surface area contributed by atoms with Gasteiger partial charge in [0.1, 0.15) is 0 Å².